The van der Waals surface area contributed by atoms with Crippen molar-refractivity contribution in [3.8, 4) is 5.75 Å². The van der Waals surface area contributed by atoms with Gasteiger partial charge >= 0.3 is 0 Å². The molecule has 40 heavy (non-hydrogen) atoms. The number of phenolic OH excluding ortho intramolecular Hbond substituents is 1. The molecule has 1 saturated heterocycles. The number of aromatic hydroxyl groups is 1. The fourth-order valence-corrected chi connectivity index (χ4v) is 7.31. The maximum atomic E-state index is 13.5. The first kappa shape index (κ1) is 28.3. The van der Waals surface area contributed by atoms with Crippen LogP contribution < -0.4 is 0 Å². The average molecular weight is 560 g/mol. The van der Waals surface area contributed by atoms with Gasteiger partial charge in [-0.15, -0.1) is 11.3 Å². The minimum atomic E-state index is -0.816. The molecule has 6 nitrogen and oxygen atoms in total. The fraction of sp³-hybridized carbons (Fsp3) is 0.394. The Kier molecular flexibility index (Phi) is 8.54. The first-order chi connectivity index (χ1) is 19.3. The Morgan fingerprint density at radius 3 is 2.55 bits per heavy atom. The van der Waals surface area contributed by atoms with Crippen molar-refractivity contribution in [3.05, 3.63) is 81.1 Å². The number of phenols is 1. The van der Waals surface area contributed by atoms with Gasteiger partial charge < -0.3 is 15.3 Å². The molecule has 2 aliphatic rings. The lowest BCUT2D eigenvalue weighted by Gasteiger charge is -2.35. The monoisotopic (exact) mass is 559 g/mol. The molecule has 1 fully saturated rings. The Balaban J connectivity index is 1.35. The summed E-state index contributed by atoms with van der Waals surface area (Å²) in [5, 5.41) is 35.9. The van der Waals surface area contributed by atoms with Crippen LogP contribution in [-0.4, -0.2) is 44.7 Å². The van der Waals surface area contributed by atoms with Crippen molar-refractivity contribution in [1.29, 1.82) is 0 Å². The molecule has 1 aliphatic carbocycles. The van der Waals surface area contributed by atoms with Gasteiger partial charge in [-0.05, 0) is 66.6 Å². The van der Waals surface area contributed by atoms with Crippen LogP contribution in [0, 0.1) is 17.8 Å². The predicted octanol–water partition coefficient (Wildman–Crippen LogP) is 6.06. The number of allylic oxidation sites excluding steroid dienone is 2. The number of thiophene rings is 1. The van der Waals surface area contributed by atoms with E-state index in [-0.39, 0.29) is 30.7 Å². The Morgan fingerprint density at radius 1 is 1.07 bits per heavy atom. The molecule has 1 aromatic heterocycles. The van der Waals surface area contributed by atoms with E-state index in [0.29, 0.717) is 24.8 Å². The van der Waals surface area contributed by atoms with E-state index in [2.05, 4.69) is 13.0 Å². The van der Waals surface area contributed by atoms with Crippen molar-refractivity contribution >= 4 is 40.0 Å². The summed E-state index contributed by atoms with van der Waals surface area (Å²) in [6, 6.07) is 15.2. The standard InChI is InChI=1S/C33H37NO5S/c1-3-7-21(17-22-12-14-28(36)25-10-5-4-9-24(22)25)11-13-29(37)30-20(2)16-26-31(27(30)19-35)33(39)34(32(26)38)18-23-8-6-15-40-23/h4-6,8-10,12,14-15,17,26-27,29,31,35-37H,3,7,11,13,16,18-19H2,1-2H3/b21-17+/t26-,27+,29-,31-/m1/s1. The highest BCUT2D eigenvalue weighted by Gasteiger charge is 2.54. The SMILES string of the molecule is CCC/C(=C\c1ccc(O)c2ccccc12)CC[C@@H](O)C1=C(C)C[C@H]2C(=O)N(Cc3cccs3)C(=O)[C@H]2[C@H]1CO. The molecule has 2 heterocycles. The molecule has 5 rings (SSSR count). The number of carbonyl (C=O) groups is 2. The van der Waals surface area contributed by atoms with E-state index >= 15 is 0 Å². The van der Waals surface area contributed by atoms with Crippen LogP contribution in [0.4, 0.5) is 0 Å². The second-order valence-corrected chi connectivity index (χ2v) is 12.1. The Labute approximate surface area is 239 Å². The van der Waals surface area contributed by atoms with Gasteiger partial charge in [-0.2, -0.15) is 0 Å². The Hall–Kier alpha value is -3.26. The number of hydrogen-bond donors (Lipinski definition) is 3. The lowest BCUT2D eigenvalue weighted by molar-refractivity contribution is -0.140. The zero-order chi connectivity index (χ0) is 28.4. The molecule has 0 saturated carbocycles. The number of aliphatic hydroxyl groups is 2. The number of nitrogens with zero attached hydrogens (tertiary/aromatic N) is 1. The van der Waals surface area contributed by atoms with E-state index in [4.69, 9.17) is 0 Å². The van der Waals surface area contributed by atoms with Gasteiger partial charge in [0.1, 0.15) is 5.75 Å². The van der Waals surface area contributed by atoms with Crippen molar-refractivity contribution in [1.82, 2.24) is 4.90 Å². The Bertz CT molecular complexity index is 1460. The zero-order valence-electron chi connectivity index (χ0n) is 23.0. The summed E-state index contributed by atoms with van der Waals surface area (Å²) in [7, 11) is 0. The third-order valence-electron chi connectivity index (χ3n) is 8.47. The highest BCUT2D eigenvalue weighted by molar-refractivity contribution is 7.09. The molecular weight excluding hydrogens is 522 g/mol. The second-order valence-electron chi connectivity index (χ2n) is 11.0. The molecule has 3 aromatic rings. The van der Waals surface area contributed by atoms with Gasteiger partial charge in [0.15, 0.2) is 0 Å². The fourth-order valence-electron chi connectivity index (χ4n) is 6.62. The van der Waals surface area contributed by atoms with Crippen LogP contribution in [-0.2, 0) is 16.1 Å². The molecule has 0 bridgehead atoms. The highest BCUT2D eigenvalue weighted by Crippen LogP contribution is 2.46. The normalized spacial score (nSPS) is 22.4. The number of carbonyl (C=O) groups excluding carboxylic acids is 2. The summed E-state index contributed by atoms with van der Waals surface area (Å²) < 4.78 is 0. The summed E-state index contributed by atoms with van der Waals surface area (Å²) in [4.78, 5) is 29.0. The number of imide groups is 1. The summed E-state index contributed by atoms with van der Waals surface area (Å²) in [5.74, 6) is -1.87. The van der Waals surface area contributed by atoms with Crippen LogP contribution in [0.3, 0.4) is 0 Å². The number of rotatable bonds is 10. The first-order valence-electron chi connectivity index (χ1n) is 14.1. The van der Waals surface area contributed by atoms with Gasteiger partial charge in [0.2, 0.25) is 11.8 Å². The van der Waals surface area contributed by atoms with Crippen molar-refractivity contribution in [2.75, 3.05) is 6.61 Å². The largest absolute Gasteiger partial charge is 0.507 e. The smallest absolute Gasteiger partial charge is 0.234 e. The maximum Gasteiger partial charge on any atom is 0.234 e. The van der Waals surface area contributed by atoms with Gasteiger partial charge in [0, 0.05) is 16.2 Å². The minimum Gasteiger partial charge on any atom is -0.507 e. The number of benzene rings is 2. The lowest BCUT2D eigenvalue weighted by Crippen LogP contribution is -2.38. The number of aliphatic hydroxyl groups excluding tert-OH is 2. The molecule has 0 radical (unpaired) electrons. The number of amides is 2. The van der Waals surface area contributed by atoms with Crippen LogP contribution in [0.15, 0.2) is 70.6 Å². The summed E-state index contributed by atoms with van der Waals surface area (Å²) >= 11 is 1.51. The molecule has 3 N–H and O–H groups in total. The van der Waals surface area contributed by atoms with Crippen LogP contribution in [0.5, 0.6) is 5.75 Å². The molecule has 7 heteroatoms. The third kappa shape index (κ3) is 5.38. The summed E-state index contributed by atoms with van der Waals surface area (Å²) in [5.41, 5.74) is 3.83. The molecule has 0 unspecified atom stereocenters. The van der Waals surface area contributed by atoms with E-state index in [1.807, 2.05) is 54.8 Å². The quantitative estimate of drug-likeness (QED) is 0.207. The molecule has 0 spiro atoms. The van der Waals surface area contributed by atoms with Crippen molar-refractivity contribution in [3.63, 3.8) is 0 Å². The van der Waals surface area contributed by atoms with Gasteiger partial charge in [-0.25, -0.2) is 0 Å². The topological polar surface area (TPSA) is 98.1 Å². The van der Waals surface area contributed by atoms with Crippen LogP contribution in [0.2, 0.25) is 0 Å². The van der Waals surface area contributed by atoms with Crippen molar-refractivity contribution in [2.45, 2.75) is 58.6 Å². The molecule has 2 aromatic carbocycles. The number of hydrogen-bond acceptors (Lipinski definition) is 6. The van der Waals surface area contributed by atoms with E-state index in [9.17, 15) is 24.9 Å². The van der Waals surface area contributed by atoms with Crippen LogP contribution >= 0.6 is 11.3 Å². The van der Waals surface area contributed by atoms with Gasteiger partial charge in [0.05, 0.1) is 31.1 Å². The average Bonchev–Trinajstić information content (AvgIpc) is 3.55. The minimum absolute atomic E-state index is 0.177. The number of fused-ring (bicyclic) bond motifs is 2. The highest BCUT2D eigenvalue weighted by atomic mass is 32.1. The van der Waals surface area contributed by atoms with E-state index in [1.165, 1.54) is 21.8 Å². The lowest BCUT2D eigenvalue weighted by atomic mass is 9.68. The molecule has 4 atom stereocenters. The van der Waals surface area contributed by atoms with Crippen LogP contribution in [0.25, 0.3) is 16.8 Å². The Morgan fingerprint density at radius 2 is 1.85 bits per heavy atom. The summed E-state index contributed by atoms with van der Waals surface area (Å²) in [6.07, 6.45) is 4.72. The van der Waals surface area contributed by atoms with Crippen LogP contribution in [0.1, 0.15) is 56.4 Å². The molecule has 210 valence electrons. The molecule has 1 aliphatic heterocycles. The van der Waals surface area contributed by atoms with Crippen molar-refractivity contribution in [2.24, 2.45) is 17.8 Å². The first-order valence-corrected chi connectivity index (χ1v) is 15.0. The molecular formula is C33H37NO5S. The third-order valence-corrected chi connectivity index (χ3v) is 9.34. The maximum absolute atomic E-state index is 13.5. The number of likely N-dealkylation sites (tertiary alicyclic amines) is 1. The van der Waals surface area contributed by atoms with Gasteiger partial charge in [-0.3, -0.25) is 14.5 Å². The second kappa shape index (κ2) is 12.1. The predicted molar refractivity (Wildman–Crippen MR) is 158 cm³/mol. The van der Waals surface area contributed by atoms with E-state index in [1.54, 1.807) is 6.07 Å². The summed E-state index contributed by atoms with van der Waals surface area (Å²) in [6.45, 7) is 4.02. The van der Waals surface area contributed by atoms with Crippen molar-refractivity contribution < 1.29 is 24.9 Å². The van der Waals surface area contributed by atoms with E-state index in [0.717, 1.165) is 39.6 Å². The molecule has 2 amide bonds. The zero-order valence-corrected chi connectivity index (χ0v) is 23.9. The van der Waals surface area contributed by atoms with E-state index < -0.39 is 23.9 Å². The van der Waals surface area contributed by atoms with Gasteiger partial charge in [-0.1, -0.05) is 67.0 Å². The van der Waals surface area contributed by atoms with Gasteiger partial charge in [0.25, 0.3) is 0 Å².